The van der Waals surface area contributed by atoms with Gasteiger partial charge in [-0.25, -0.2) is 0 Å². The number of nitrogens with zero attached hydrogens (tertiary/aromatic N) is 2. The molecule has 3 unspecified atom stereocenters. The molecular formula is C16H19N3O2. The fraction of sp³-hybridized carbons (Fsp3) is 0.500. The minimum Gasteiger partial charge on any atom is -0.327 e. The third-order valence-corrected chi connectivity index (χ3v) is 5.21. The Kier molecular flexibility index (Phi) is 2.87. The van der Waals surface area contributed by atoms with E-state index < -0.39 is 0 Å². The van der Waals surface area contributed by atoms with Gasteiger partial charge >= 0.3 is 0 Å². The Labute approximate surface area is 123 Å². The van der Waals surface area contributed by atoms with Crippen molar-refractivity contribution in [2.75, 3.05) is 19.8 Å². The number of nitrogens with two attached hydrogens (primary N) is 1. The zero-order valence-electron chi connectivity index (χ0n) is 11.9. The molecule has 3 atom stereocenters. The molecule has 5 nitrogen and oxygen atoms in total. The molecule has 0 aromatic heterocycles. The maximum atomic E-state index is 12.4. The summed E-state index contributed by atoms with van der Waals surface area (Å²) in [6.07, 6.45) is 2.28. The van der Waals surface area contributed by atoms with Crippen LogP contribution in [0.2, 0.25) is 0 Å². The Bertz CT molecular complexity index is 580. The normalized spacial score (nSPS) is 31.9. The summed E-state index contributed by atoms with van der Waals surface area (Å²) in [5.41, 5.74) is 7.19. The van der Waals surface area contributed by atoms with Crippen molar-refractivity contribution in [1.29, 1.82) is 0 Å². The first-order valence-corrected chi connectivity index (χ1v) is 7.58. The number of rotatable bonds is 2. The summed E-state index contributed by atoms with van der Waals surface area (Å²) in [7, 11) is 0. The molecule has 21 heavy (non-hydrogen) atoms. The molecule has 1 saturated heterocycles. The van der Waals surface area contributed by atoms with Gasteiger partial charge in [0, 0.05) is 19.1 Å². The maximum Gasteiger partial charge on any atom is 0.262 e. The van der Waals surface area contributed by atoms with Gasteiger partial charge in [0.2, 0.25) is 0 Å². The second kappa shape index (κ2) is 4.64. The van der Waals surface area contributed by atoms with E-state index in [9.17, 15) is 9.59 Å². The van der Waals surface area contributed by atoms with Gasteiger partial charge in [0.25, 0.3) is 11.8 Å². The summed E-state index contributed by atoms with van der Waals surface area (Å²) in [5, 5.41) is 0. The average Bonchev–Trinajstić information content (AvgIpc) is 3.11. The predicted octanol–water partition coefficient (Wildman–Crippen LogP) is 0.909. The highest BCUT2D eigenvalue weighted by molar-refractivity contribution is 6.21. The highest BCUT2D eigenvalue weighted by atomic mass is 16.2. The van der Waals surface area contributed by atoms with Gasteiger partial charge in [-0.1, -0.05) is 12.1 Å². The summed E-state index contributed by atoms with van der Waals surface area (Å²) in [6.45, 7) is 2.25. The molecule has 1 aliphatic carbocycles. The van der Waals surface area contributed by atoms with Crippen molar-refractivity contribution in [2.24, 2.45) is 17.6 Å². The van der Waals surface area contributed by atoms with Gasteiger partial charge in [-0.05, 0) is 36.8 Å². The Morgan fingerprint density at radius 2 is 1.71 bits per heavy atom. The van der Waals surface area contributed by atoms with Gasteiger partial charge in [0.1, 0.15) is 0 Å². The van der Waals surface area contributed by atoms with E-state index in [0.29, 0.717) is 29.6 Å². The van der Waals surface area contributed by atoms with Crippen LogP contribution in [-0.2, 0) is 0 Å². The first-order valence-electron chi connectivity index (χ1n) is 7.58. The summed E-state index contributed by atoms with van der Waals surface area (Å²) in [6, 6.07) is 7.33. The molecular weight excluding hydrogens is 266 g/mol. The predicted molar refractivity (Wildman–Crippen MR) is 77.6 cm³/mol. The number of imide groups is 1. The highest BCUT2D eigenvalue weighted by Gasteiger charge is 2.43. The summed E-state index contributed by atoms with van der Waals surface area (Å²) < 4.78 is 0. The molecule has 0 bridgehead atoms. The number of carbonyl (C=O) groups excluding carboxylic acids is 2. The summed E-state index contributed by atoms with van der Waals surface area (Å²) in [4.78, 5) is 28.3. The molecule has 0 spiro atoms. The van der Waals surface area contributed by atoms with Crippen LogP contribution in [0.15, 0.2) is 24.3 Å². The largest absolute Gasteiger partial charge is 0.327 e. The van der Waals surface area contributed by atoms with E-state index in [-0.39, 0.29) is 17.9 Å². The van der Waals surface area contributed by atoms with Crippen molar-refractivity contribution >= 4 is 11.8 Å². The van der Waals surface area contributed by atoms with E-state index in [2.05, 4.69) is 4.90 Å². The fourth-order valence-corrected chi connectivity index (χ4v) is 4.08. The lowest BCUT2D eigenvalue weighted by Gasteiger charge is -2.23. The van der Waals surface area contributed by atoms with Gasteiger partial charge in [-0.2, -0.15) is 0 Å². The van der Waals surface area contributed by atoms with Crippen LogP contribution in [0.5, 0.6) is 0 Å². The Morgan fingerprint density at radius 1 is 1.05 bits per heavy atom. The van der Waals surface area contributed by atoms with Gasteiger partial charge in [0.05, 0.1) is 17.8 Å². The number of amides is 2. The van der Waals surface area contributed by atoms with Crippen LogP contribution in [0.4, 0.5) is 0 Å². The Morgan fingerprint density at radius 3 is 2.33 bits per heavy atom. The molecule has 1 saturated carbocycles. The second-order valence-corrected chi connectivity index (χ2v) is 6.43. The topological polar surface area (TPSA) is 66.6 Å². The molecule has 2 fully saturated rings. The Balaban J connectivity index is 1.50. The van der Waals surface area contributed by atoms with Crippen LogP contribution in [0.1, 0.15) is 33.6 Å². The second-order valence-electron chi connectivity index (χ2n) is 6.43. The highest BCUT2D eigenvalue weighted by Crippen LogP contribution is 2.37. The van der Waals surface area contributed by atoms with E-state index in [1.807, 2.05) is 0 Å². The lowest BCUT2D eigenvalue weighted by Crippen LogP contribution is -2.41. The van der Waals surface area contributed by atoms with Crippen LogP contribution >= 0.6 is 0 Å². The van der Waals surface area contributed by atoms with Crippen molar-refractivity contribution in [3.05, 3.63) is 35.4 Å². The number of hydrogen-bond acceptors (Lipinski definition) is 4. The molecule has 4 rings (SSSR count). The van der Waals surface area contributed by atoms with Crippen molar-refractivity contribution in [1.82, 2.24) is 9.80 Å². The van der Waals surface area contributed by atoms with E-state index in [1.54, 1.807) is 24.3 Å². The molecule has 5 heteroatoms. The van der Waals surface area contributed by atoms with E-state index >= 15 is 0 Å². The molecule has 0 radical (unpaired) electrons. The molecule has 3 aliphatic rings. The van der Waals surface area contributed by atoms with Gasteiger partial charge in [-0.15, -0.1) is 0 Å². The molecule has 2 aliphatic heterocycles. The molecule has 1 aromatic rings. The fourth-order valence-electron chi connectivity index (χ4n) is 4.08. The first-order chi connectivity index (χ1) is 10.1. The molecule has 2 N–H and O–H groups in total. The summed E-state index contributed by atoms with van der Waals surface area (Å²) in [5.74, 6) is 0.823. The van der Waals surface area contributed by atoms with Crippen LogP contribution < -0.4 is 5.73 Å². The minimum atomic E-state index is -0.169. The first kappa shape index (κ1) is 13.0. The van der Waals surface area contributed by atoms with Crippen molar-refractivity contribution in [3.8, 4) is 0 Å². The number of fused-ring (bicyclic) bond motifs is 2. The number of benzene rings is 1. The quantitative estimate of drug-likeness (QED) is 0.820. The van der Waals surface area contributed by atoms with Crippen molar-refractivity contribution in [2.45, 2.75) is 18.9 Å². The zero-order valence-corrected chi connectivity index (χ0v) is 11.9. The van der Waals surface area contributed by atoms with Gasteiger partial charge in [-0.3, -0.25) is 19.4 Å². The molecule has 2 heterocycles. The summed E-state index contributed by atoms with van der Waals surface area (Å²) >= 11 is 0. The average molecular weight is 285 g/mol. The lowest BCUT2D eigenvalue weighted by molar-refractivity contribution is 0.0556. The van der Waals surface area contributed by atoms with E-state index in [1.165, 1.54) is 11.3 Å². The standard InChI is InChI=1S/C16H19N3O2/c17-14-6-5-10-7-18(8-13(10)14)9-19-15(20)11-3-1-2-4-12(11)16(19)21/h1-4,10,13-14H,5-9,17H2. The van der Waals surface area contributed by atoms with E-state index in [0.717, 1.165) is 19.5 Å². The third kappa shape index (κ3) is 1.92. The smallest absolute Gasteiger partial charge is 0.262 e. The van der Waals surface area contributed by atoms with Crippen LogP contribution in [0.3, 0.4) is 0 Å². The number of likely N-dealkylation sites (tertiary alicyclic amines) is 1. The zero-order chi connectivity index (χ0) is 14.6. The van der Waals surface area contributed by atoms with Crippen molar-refractivity contribution in [3.63, 3.8) is 0 Å². The van der Waals surface area contributed by atoms with Crippen LogP contribution in [-0.4, -0.2) is 47.4 Å². The van der Waals surface area contributed by atoms with E-state index in [4.69, 9.17) is 5.73 Å². The SMILES string of the molecule is NC1CCC2CN(CN3C(=O)c4ccccc4C3=O)CC12. The maximum absolute atomic E-state index is 12.4. The molecule has 110 valence electrons. The minimum absolute atomic E-state index is 0.169. The van der Waals surface area contributed by atoms with Gasteiger partial charge in [0.15, 0.2) is 0 Å². The number of hydrogen-bond donors (Lipinski definition) is 1. The lowest BCUT2D eigenvalue weighted by atomic mass is 9.98. The molecule has 2 amide bonds. The van der Waals surface area contributed by atoms with Crippen LogP contribution in [0.25, 0.3) is 0 Å². The Hall–Kier alpha value is -1.72. The van der Waals surface area contributed by atoms with Gasteiger partial charge < -0.3 is 5.73 Å². The third-order valence-electron chi connectivity index (χ3n) is 5.21. The van der Waals surface area contributed by atoms with Crippen molar-refractivity contribution < 1.29 is 9.59 Å². The molecule has 1 aromatic carbocycles. The van der Waals surface area contributed by atoms with Crippen LogP contribution in [0, 0.1) is 11.8 Å². The monoisotopic (exact) mass is 285 g/mol. The number of carbonyl (C=O) groups is 2.